The van der Waals surface area contributed by atoms with Gasteiger partial charge in [-0.25, -0.2) is 0 Å². The Balaban J connectivity index is 1.93. The van der Waals surface area contributed by atoms with Gasteiger partial charge in [-0.3, -0.25) is 0 Å². The van der Waals surface area contributed by atoms with E-state index < -0.39 is 0 Å². The van der Waals surface area contributed by atoms with Gasteiger partial charge in [0.05, 0.1) is 4.34 Å². The molecule has 1 aromatic rings. The van der Waals surface area contributed by atoms with E-state index in [2.05, 4.69) is 11.4 Å². The van der Waals surface area contributed by atoms with E-state index >= 15 is 0 Å². The predicted molar refractivity (Wildman–Crippen MR) is 67.0 cm³/mol. The van der Waals surface area contributed by atoms with E-state index in [9.17, 15) is 0 Å². The van der Waals surface area contributed by atoms with Crippen molar-refractivity contribution in [1.29, 1.82) is 0 Å². The van der Waals surface area contributed by atoms with Crippen LogP contribution in [0.25, 0.3) is 0 Å². The molecule has 0 saturated heterocycles. The molecule has 0 aliphatic rings. The SMILES string of the molecule is CCOCCCNCCc1ccc(Cl)s1. The van der Waals surface area contributed by atoms with Crippen LogP contribution in [0.4, 0.5) is 0 Å². The smallest absolute Gasteiger partial charge is 0.0931 e. The zero-order valence-corrected chi connectivity index (χ0v) is 10.7. The molecule has 4 heteroatoms. The van der Waals surface area contributed by atoms with Crippen molar-refractivity contribution < 1.29 is 4.74 Å². The first-order chi connectivity index (χ1) is 7.33. The number of hydrogen-bond acceptors (Lipinski definition) is 3. The lowest BCUT2D eigenvalue weighted by molar-refractivity contribution is 0.145. The van der Waals surface area contributed by atoms with Crippen molar-refractivity contribution in [3.63, 3.8) is 0 Å². The summed E-state index contributed by atoms with van der Waals surface area (Å²) in [5, 5.41) is 3.39. The van der Waals surface area contributed by atoms with Gasteiger partial charge in [0, 0.05) is 18.1 Å². The molecule has 1 N–H and O–H groups in total. The monoisotopic (exact) mass is 247 g/mol. The van der Waals surface area contributed by atoms with Gasteiger partial charge in [-0.05, 0) is 45.0 Å². The fourth-order valence-electron chi connectivity index (χ4n) is 1.27. The summed E-state index contributed by atoms with van der Waals surface area (Å²) in [6, 6.07) is 4.05. The lowest BCUT2D eigenvalue weighted by atomic mass is 10.3. The minimum atomic E-state index is 0.813. The summed E-state index contributed by atoms with van der Waals surface area (Å²) < 4.78 is 6.12. The van der Waals surface area contributed by atoms with Crippen LogP contribution in [0, 0.1) is 0 Å². The summed E-state index contributed by atoms with van der Waals surface area (Å²) in [6.07, 6.45) is 2.14. The van der Waals surface area contributed by atoms with Crippen LogP contribution in [-0.4, -0.2) is 26.3 Å². The maximum Gasteiger partial charge on any atom is 0.0931 e. The molecule has 0 bridgehead atoms. The molecule has 0 fully saturated rings. The summed E-state index contributed by atoms with van der Waals surface area (Å²) in [6.45, 7) is 5.73. The highest BCUT2D eigenvalue weighted by Gasteiger charge is 1.97. The standard InChI is InChI=1S/C11H18ClNOS/c1-2-14-9-3-7-13-8-6-10-4-5-11(12)15-10/h4-5,13H,2-3,6-9H2,1H3. The number of rotatable bonds is 8. The van der Waals surface area contributed by atoms with Crippen LogP contribution >= 0.6 is 22.9 Å². The van der Waals surface area contributed by atoms with Gasteiger partial charge in [-0.1, -0.05) is 11.6 Å². The van der Waals surface area contributed by atoms with Gasteiger partial charge in [-0.2, -0.15) is 0 Å². The van der Waals surface area contributed by atoms with E-state index in [-0.39, 0.29) is 0 Å². The van der Waals surface area contributed by atoms with E-state index in [0.717, 1.165) is 43.5 Å². The van der Waals surface area contributed by atoms with Crippen LogP contribution in [0.15, 0.2) is 12.1 Å². The fraction of sp³-hybridized carbons (Fsp3) is 0.636. The van der Waals surface area contributed by atoms with Crippen molar-refractivity contribution in [1.82, 2.24) is 5.32 Å². The Bertz CT molecular complexity index is 265. The lowest BCUT2D eigenvalue weighted by Gasteiger charge is -2.03. The molecule has 0 amide bonds. The zero-order valence-electron chi connectivity index (χ0n) is 9.09. The summed E-state index contributed by atoms with van der Waals surface area (Å²) in [4.78, 5) is 1.34. The van der Waals surface area contributed by atoms with Crippen LogP contribution < -0.4 is 5.32 Å². The second kappa shape index (κ2) is 8.11. The number of nitrogens with one attached hydrogen (secondary N) is 1. The van der Waals surface area contributed by atoms with E-state index in [4.69, 9.17) is 16.3 Å². The van der Waals surface area contributed by atoms with Crippen molar-refractivity contribution >= 4 is 22.9 Å². The van der Waals surface area contributed by atoms with Gasteiger partial charge in [-0.15, -0.1) is 11.3 Å². The predicted octanol–water partition coefficient (Wildman–Crippen LogP) is 2.96. The Morgan fingerprint density at radius 2 is 2.27 bits per heavy atom. The van der Waals surface area contributed by atoms with Crippen molar-refractivity contribution in [3.8, 4) is 0 Å². The third-order valence-electron chi connectivity index (χ3n) is 2.02. The van der Waals surface area contributed by atoms with Gasteiger partial charge in [0.2, 0.25) is 0 Å². The first kappa shape index (κ1) is 13.0. The molecule has 86 valence electrons. The number of halogens is 1. The molecule has 0 aliphatic carbocycles. The molecule has 2 nitrogen and oxygen atoms in total. The summed E-state index contributed by atoms with van der Waals surface area (Å²) in [5.74, 6) is 0. The van der Waals surface area contributed by atoms with Crippen LogP contribution in [0.3, 0.4) is 0 Å². The summed E-state index contributed by atoms with van der Waals surface area (Å²) in [7, 11) is 0. The number of thiophene rings is 1. The van der Waals surface area contributed by atoms with Crippen LogP contribution in [0.5, 0.6) is 0 Å². The topological polar surface area (TPSA) is 21.3 Å². The molecule has 1 heterocycles. The Kier molecular flexibility index (Phi) is 7.01. The molecule has 0 atom stereocenters. The average molecular weight is 248 g/mol. The highest BCUT2D eigenvalue weighted by atomic mass is 35.5. The molecular formula is C11H18ClNOS. The highest BCUT2D eigenvalue weighted by molar-refractivity contribution is 7.16. The third kappa shape index (κ3) is 6.15. The molecule has 0 unspecified atom stereocenters. The Hall–Kier alpha value is -0.0900. The van der Waals surface area contributed by atoms with E-state index in [0.29, 0.717) is 0 Å². The van der Waals surface area contributed by atoms with Gasteiger partial charge in [0.15, 0.2) is 0 Å². The molecular weight excluding hydrogens is 230 g/mol. The second-order valence-corrected chi connectivity index (χ2v) is 5.06. The van der Waals surface area contributed by atoms with Gasteiger partial charge in [0.1, 0.15) is 0 Å². The van der Waals surface area contributed by atoms with Crippen molar-refractivity contribution in [2.45, 2.75) is 19.8 Å². The van der Waals surface area contributed by atoms with E-state index in [1.54, 1.807) is 11.3 Å². The van der Waals surface area contributed by atoms with Gasteiger partial charge >= 0.3 is 0 Å². The van der Waals surface area contributed by atoms with Crippen molar-refractivity contribution in [2.75, 3.05) is 26.3 Å². The molecule has 0 spiro atoms. The first-order valence-corrected chi connectivity index (χ1v) is 6.55. The number of hydrogen-bond donors (Lipinski definition) is 1. The van der Waals surface area contributed by atoms with Crippen LogP contribution in [0.1, 0.15) is 18.2 Å². The largest absolute Gasteiger partial charge is 0.382 e. The molecule has 0 radical (unpaired) electrons. The summed E-state index contributed by atoms with van der Waals surface area (Å²) in [5.41, 5.74) is 0. The van der Waals surface area contributed by atoms with E-state index in [1.165, 1.54) is 4.88 Å². The molecule has 0 saturated carbocycles. The lowest BCUT2D eigenvalue weighted by Crippen LogP contribution is -2.19. The molecule has 0 aromatic carbocycles. The zero-order chi connectivity index (χ0) is 10.9. The average Bonchev–Trinajstić information content (AvgIpc) is 2.63. The first-order valence-electron chi connectivity index (χ1n) is 5.35. The Morgan fingerprint density at radius 3 is 2.93 bits per heavy atom. The minimum absolute atomic E-state index is 0.813. The quantitative estimate of drug-likeness (QED) is 0.714. The summed E-state index contributed by atoms with van der Waals surface area (Å²) >= 11 is 7.50. The van der Waals surface area contributed by atoms with Crippen molar-refractivity contribution in [3.05, 3.63) is 21.3 Å². The normalized spacial score (nSPS) is 10.8. The van der Waals surface area contributed by atoms with Crippen LogP contribution in [-0.2, 0) is 11.2 Å². The second-order valence-electron chi connectivity index (χ2n) is 3.26. The van der Waals surface area contributed by atoms with Gasteiger partial charge < -0.3 is 10.1 Å². The molecule has 1 aromatic heterocycles. The molecule has 1 rings (SSSR count). The number of ether oxygens (including phenoxy) is 1. The highest BCUT2D eigenvalue weighted by Crippen LogP contribution is 2.21. The maximum atomic E-state index is 5.84. The minimum Gasteiger partial charge on any atom is -0.382 e. The van der Waals surface area contributed by atoms with E-state index in [1.807, 2.05) is 13.0 Å². The third-order valence-corrected chi connectivity index (χ3v) is 3.31. The Labute approximate surface area is 101 Å². The molecule has 15 heavy (non-hydrogen) atoms. The molecule has 0 aliphatic heterocycles. The van der Waals surface area contributed by atoms with Crippen LogP contribution in [0.2, 0.25) is 4.34 Å². The maximum absolute atomic E-state index is 5.84. The van der Waals surface area contributed by atoms with Crippen molar-refractivity contribution in [2.24, 2.45) is 0 Å². The van der Waals surface area contributed by atoms with Gasteiger partial charge in [0.25, 0.3) is 0 Å². The fourth-order valence-corrected chi connectivity index (χ4v) is 2.35. The Morgan fingerprint density at radius 1 is 1.40 bits per heavy atom.